The largest absolute Gasteiger partial charge is 0.494 e. The van der Waals surface area contributed by atoms with Crippen molar-refractivity contribution in [2.24, 2.45) is 0 Å². The zero-order valence-corrected chi connectivity index (χ0v) is 22.7. The van der Waals surface area contributed by atoms with Crippen molar-refractivity contribution in [1.29, 1.82) is 0 Å². The number of nitrogens with zero attached hydrogens (tertiary/aromatic N) is 2. The van der Waals surface area contributed by atoms with Gasteiger partial charge in [-0.15, -0.1) is 0 Å². The molecule has 3 aromatic carbocycles. The van der Waals surface area contributed by atoms with Crippen molar-refractivity contribution >= 4 is 27.5 Å². The molecule has 0 unspecified atom stereocenters. The summed E-state index contributed by atoms with van der Waals surface area (Å²) in [7, 11) is -2.81. The van der Waals surface area contributed by atoms with Gasteiger partial charge in [-0.25, -0.2) is 12.8 Å². The molecular formula is C28H32FN3O5S. The first-order chi connectivity index (χ1) is 18.1. The number of carbonyl (C=O) groups excluding carboxylic acids is 2. The lowest BCUT2D eigenvalue weighted by atomic mass is 10.1. The van der Waals surface area contributed by atoms with E-state index in [9.17, 15) is 22.4 Å². The molecule has 3 aromatic rings. The van der Waals surface area contributed by atoms with Crippen molar-refractivity contribution in [3.05, 3.63) is 89.7 Å². The molecule has 0 aliphatic carbocycles. The zero-order chi connectivity index (χ0) is 27.9. The van der Waals surface area contributed by atoms with Crippen molar-refractivity contribution in [3.8, 4) is 5.75 Å². The lowest BCUT2D eigenvalue weighted by molar-refractivity contribution is -0.139. The van der Waals surface area contributed by atoms with E-state index in [1.165, 1.54) is 24.1 Å². The predicted molar refractivity (Wildman–Crippen MR) is 144 cm³/mol. The average Bonchev–Trinajstić information content (AvgIpc) is 2.91. The van der Waals surface area contributed by atoms with Gasteiger partial charge in [0.15, 0.2) is 0 Å². The molecule has 202 valence electrons. The van der Waals surface area contributed by atoms with Gasteiger partial charge < -0.3 is 15.0 Å². The van der Waals surface area contributed by atoms with Crippen molar-refractivity contribution in [1.82, 2.24) is 10.2 Å². The predicted octanol–water partition coefficient (Wildman–Crippen LogP) is 3.89. The highest BCUT2D eigenvalue weighted by Crippen LogP contribution is 2.27. The van der Waals surface area contributed by atoms with E-state index in [4.69, 9.17) is 4.74 Å². The van der Waals surface area contributed by atoms with Gasteiger partial charge in [-0.2, -0.15) is 0 Å². The third-order valence-electron chi connectivity index (χ3n) is 6.00. The molecule has 0 heterocycles. The Morgan fingerprint density at radius 3 is 2.13 bits per heavy atom. The van der Waals surface area contributed by atoms with Crippen molar-refractivity contribution < 1.29 is 27.1 Å². The Morgan fingerprint density at radius 1 is 0.974 bits per heavy atom. The average molecular weight is 542 g/mol. The second kappa shape index (κ2) is 12.6. The number of carbonyl (C=O) groups is 2. The number of amides is 2. The smallest absolute Gasteiger partial charge is 0.264 e. The summed E-state index contributed by atoms with van der Waals surface area (Å²) in [5.41, 5.74) is 2.04. The van der Waals surface area contributed by atoms with E-state index in [0.717, 1.165) is 39.7 Å². The number of ether oxygens (including phenoxy) is 1. The Kier molecular flexibility index (Phi) is 9.46. The second-order valence-electron chi connectivity index (χ2n) is 8.69. The SMILES string of the molecule is CCOc1ccc(N(CC(=O)N(Cc2ccc(C)cc2)[C@@H](C)C(=O)NC)S(=O)(=O)c2ccc(F)cc2)cc1. The minimum Gasteiger partial charge on any atom is -0.494 e. The van der Waals surface area contributed by atoms with Crippen molar-refractivity contribution in [2.75, 3.05) is 24.5 Å². The number of anilines is 1. The number of aryl methyl sites for hydroxylation is 1. The summed E-state index contributed by atoms with van der Waals surface area (Å²) < 4.78 is 47.3. The Morgan fingerprint density at radius 2 is 1.58 bits per heavy atom. The first-order valence-electron chi connectivity index (χ1n) is 12.1. The molecule has 1 N–H and O–H groups in total. The highest BCUT2D eigenvalue weighted by molar-refractivity contribution is 7.92. The summed E-state index contributed by atoms with van der Waals surface area (Å²) in [4.78, 5) is 27.4. The maximum absolute atomic E-state index is 13.7. The van der Waals surface area contributed by atoms with E-state index < -0.39 is 34.3 Å². The van der Waals surface area contributed by atoms with E-state index in [2.05, 4.69) is 5.32 Å². The van der Waals surface area contributed by atoms with Crippen LogP contribution in [0.25, 0.3) is 0 Å². The first kappa shape index (κ1) is 28.6. The minimum absolute atomic E-state index is 0.0986. The van der Waals surface area contributed by atoms with Gasteiger partial charge in [-0.1, -0.05) is 29.8 Å². The third-order valence-corrected chi connectivity index (χ3v) is 7.79. The minimum atomic E-state index is -4.28. The fourth-order valence-electron chi connectivity index (χ4n) is 3.82. The van der Waals surface area contributed by atoms with Crippen LogP contribution in [0.3, 0.4) is 0 Å². The van der Waals surface area contributed by atoms with Crippen LogP contribution in [0.5, 0.6) is 5.75 Å². The lowest BCUT2D eigenvalue weighted by Gasteiger charge is -2.31. The molecule has 2 amide bonds. The van der Waals surface area contributed by atoms with Crippen molar-refractivity contribution in [2.45, 2.75) is 38.3 Å². The Balaban J connectivity index is 2.02. The number of rotatable bonds is 11. The molecule has 0 bridgehead atoms. The fourth-order valence-corrected chi connectivity index (χ4v) is 5.23. The van der Waals surface area contributed by atoms with Crippen LogP contribution in [0.15, 0.2) is 77.7 Å². The van der Waals surface area contributed by atoms with Gasteiger partial charge in [0.25, 0.3) is 10.0 Å². The summed E-state index contributed by atoms with van der Waals surface area (Å²) >= 11 is 0. The summed E-state index contributed by atoms with van der Waals surface area (Å²) in [5, 5.41) is 2.55. The molecule has 1 atom stereocenters. The Labute approximate surface area is 223 Å². The van der Waals surface area contributed by atoms with Crippen LogP contribution in [-0.4, -0.2) is 51.4 Å². The van der Waals surface area contributed by atoms with E-state index in [1.807, 2.05) is 38.1 Å². The van der Waals surface area contributed by atoms with Crippen LogP contribution in [0.1, 0.15) is 25.0 Å². The van der Waals surface area contributed by atoms with Crippen LogP contribution in [0.2, 0.25) is 0 Å². The summed E-state index contributed by atoms with van der Waals surface area (Å²) in [6.07, 6.45) is 0. The lowest BCUT2D eigenvalue weighted by Crippen LogP contribution is -2.50. The van der Waals surface area contributed by atoms with Gasteiger partial charge in [0.2, 0.25) is 11.8 Å². The maximum atomic E-state index is 13.7. The summed E-state index contributed by atoms with van der Waals surface area (Å²) in [6, 6.07) is 17.3. The molecule has 10 heteroatoms. The molecule has 0 spiro atoms. The van der Waals surface area contributed by atoms with Gasteiger partial charge >= 0.3 is 0 Å². The molecule has 0 fully saturated rings. The quantitative estimate of drug-likeness (QED) is 0.397. The molecule has 0 aromatic heterocycles. The number of nitrogens with one attached hydrogen (secondary N) is 1. The maximum Gasteiger partial charge on any atom is 0.264 e. The van der Waals surface area contributed by atoms with E-state index in [0.29, 0.717) is 12.4 Å². The number of benzene rings is 3. The fraction of sp³-hybridized carbons (Fsp3) is 0.286. The van der Waals surface area contributed by atoms with Gasteiger partial charge in [0.1, 0.15) is 24.2 Å². The van der Waals surface area contributed by atoms with E-state index >= 15 is 0 Å². The molecule has 0 aliphatic heterocycles. The second-order valence-corrected chi connectivity index (χ2v) is 10.6. The summed E-state index contributed by atoms with van der Waals surface area (Å²) in [6.45, 7) is 5.30. The van der Waals surface area contributed by atoms with Gasteiger partial charge in [0.05, 0.1) is 17.2 Å². The highest BCUT2D eigenvalue weighted by atomic mass is 32.2. The van der Waals surface area contributed by atoms with E-state index in [1.54, 1.807) is 19.1 Å². The van der Waals surface area contributed by atoms with Gasteiger partial charge in [0, 0.05) is 13.6 Å². The van der Waals surface area contributed by atoms with Crippen LogP contribution in [0, 0.1) is 12.7 Å². The number of halogens is 1. The monoisotopic (exact) mass is 541 g/mol. The standard InChI is InChI=1S/C28H32FN3O5S/c1-5-37-25-14-12-24(13-15-25)32(38(35,36)26-16-10-23(29)11-17-26)19-27(33)31(21(3)28(34)30-4)18-22-8-6-20(2)7-9-22/h6-17,21H,5,18-19H2,1-4H3,(H,30,34)/t21-/m0/s1. The van der Waals surface area contributed by atoms with Gasteiger partial charge in [-0.05, 0) is 74.9 Å². The Bertz CT molecular complexity index is 1340. The highest BCUT2D eigenvalue weighted by Gasteiger charge is 2.32. The molecule has 0 aliphatic rings. The molecule has 38 heavy (non-hydrogen) atoms. The number of likely N-dealkylation sites (N-methyl/N-ethyl adjacent to an activating group) is 1. The molecule has 0 saturated carbocycles. The number of hydrogen-bond donors (Lipinski definition) is 1. The Hall–Kier alpha value is -3.92. The normalized spacial score (nSPS) is 11.9. The van der Waals surface area contributed by atoms with Crippen molar-refractivity contribution in [3.63, 3.8) is 0 Å². The number of sulfonamides is 1. The van der Waals surface area contributed by atoms with Crippen LogP contribution >= 0.6 is 0 Å². The van der Waals surface area contributed by atoms with Gasteiger partial charge in [-0.3, -0.25) is 13.9 Å². The van der Waals surface area contributed by atoms with Crippen LogP contribution < -0.4 is 14.4 Å². The number of hydrogen-bond acceptors (Lipinski definition) is 5. The van der Waals surface area contributed by atoms with Crippen LogP contribution in [0.4, 0.5) is 10.1 Å². The first-order valence-corrected chi connectivity index (χ1v) is 13.6. The molecule has 0 radical (unpaired) electrons. The summed E-state index contributed by atoms with van der Waals surface area (Å²) in [5.74, 6) is -1.02. The third kappa shape index (κ3) is 6.89. The van der Waals surface area contributed by atoms with E-state index in [-0.39, 0.29) is 23.0 Å². The molecule has 3 rings (SSSR count). The molecule has 8 nitrogen and oxygen atoms in total. The topological polar surface area (TPSA) is 96.0 Å². The molecular weight excluding hydrogens is 509 g/mol. The molecule has 0 saturated heterocycles. The van der Waals surface area contributed by atoms with Crippen LogP contribution in [-0.2, 0) is 26.2 Å². The zero-order valence-electron chi connectivity index (χ0n) is 21.8.